The van der Waals surface area contributed by atoms with Gasteiger partial charge >= 0.3 is 0 Å². The summed E-state index contributed by atoms with van der Waals surface area (Å²) in [6.45, 7) is 6.82. The molecule has 3 aromatic carbocycles. The maximum atomic E-state index is 6.27. The standard InChI is InChI=1S/C22H15I9N2O10/c1-4-34-17-11-12(18(41-29)20(36-6-3)19(17)35-5-2)33(24)10-9(32(11)23)13(37-25)7-8(14(10)38-26)16(40-28)22(43-31)21(42-30)15(7)39-27/h4-6H2,1-3H3. The number of hydrogen-bond donors (Lipinski definition) is 0. The van der Waals surface area contributed by atoms with Crippen molar-refractivity contribution in [1.29, 1.82) is 0 Å². The molecule has 236 valence electrons. The van der Waals surface area contributed by atoms with E-state index in [1.165, 1.54) is 0 Å². The molecule has 1 heterocycles. The summed E-state index contributed by atoms with van der Waals surface area (Å²) in [6, 6.07) is 0. The first-order chi connectivity index (χ1) is 20.8. The Kier molecular flexibility index (Phi) is 15.1. The number of benzene rings is 3. The second kappa shape index (κ2) is 17.1. The summed E-state index contributed by atoms with van der Waals surface area (Å²) >= 11 is 17.1. The highest BCUT2D eigenvalue weighted by Gasteiger charge is 2.45. The van der Waals surface area contributed by atoms with Gasteiger partial charge in [-0.15, -0.1) is 0 Å². The molecule has 1 aliphatic heterocycles. The third-order valence-corrected chi connectivity index (χ3v) is 10.9. The van der Waals surface area contributed by atoms with E-state index in [1.807, 2.05) is 96.0 Å². The van der Waals surface area contributed by atoms with Crippen molar-refractivity contribution in [3.63, 3.8) is 0 Å². The Morgan fingerprint density at radius 1 is 0.372 bits per heavy atom. The Morgan fingerprint density at radius 3 is 0.977 bits per heavy atom. The molecule has 4 rings (SSSR count). The molecule has 0 saturated heterocycles. The average molecular weight is 1610 g/mol. The van der Waals surface area contributed by atoms with Crippen molar-refractivity contribution in [2.24, 2.45) is 0 Å². The van der Waals surface area contributed by atoms with E-state index in [4.69, 9.17) is 35.7 Å². The molecule has 12 nitrogen and oxygen atoms in total. The van der Waals surface area contributed by atoms with Crippen LogP contribution in [0.25, 0.3) is 10.8 Å². The second-order valence-corrected chi connectivity index (χ2v) is 12.8. The largest absolute Gasteiger partial charge is 0.488 e. The highest BCUT2D eigenvalue weighted by molar-refractivity contribution is 14.1. The zero-order valence-electron chi connectivity index (χ0n) is 21.5. The van der Waals surface area contributed by atoms with Gasteiger partial charge in [-0.2, -0.15) is 0 Å². The summed E-state index contributed by atoms with van der Waals surface area (Å²) < 4.78 is 63.8. The number of hydrogen-bond acceptors (Lipinski definition) is 12. The first-order valence-electron chi connectivity index (χ1n) is 11.6. The molecular formula is C22H15I9N2O10. The fraction of sp³-hybridized carbons (Fsp3) is 0.273. The minimum atomic E-state index is 0.301. The lowest BCUT2D eigenvalue weighted by Crippen LogP contribution is -2.21. The monoisotopic (exact) mass is 1610 g/mol. The highest BCUT2D eigenvalue weighted by atomic mass is 127. The number of fused-ring (bicyclic) bond motifs is 3. The van der Waals surface area contributed by atoms with Crippen LogP contribution in [0.2, 0.25) is 0 Å². The predicted molar refractivity (Wildman–Crippen MR) is 239 cm³/mol. The maximum Gasteiger partial charge on any atom is 0.224 e. The lowest BCUT2D eigenvalue weighted by Gasteiger charge is -2.38. The molecule has 0 saturated carbocycles. The number of halogens is 9. The Labute approximate surface area is 373 Å². The first-order valence-corrected chi connectivity index (χ1v) is 19.7. The van der Waals surface area contributed by atoms with Crippen LogP contribution in [0.4, 0.5) is 22.7 Å². The molecule has 0 unspecified atom stereocenters. The predicted octanol–water partition coefficient (Wildman–Crippen LogP) is 12.4. The van der Waals surface area contributed by atoms with Crippen molar-refractivity contribution in [2.75, 3.05) is 26.0 Å². The molecular weight excluding hydrogens is 1590 g/mol. The summed E-state index contributed by atoms with van der Waals surface area (Å²) in [6.07, 6.45) is 0. The molecule has 0 N–H and O–H groups in total. The van der Waals surface area contributed by atoms with E-state index in [2.05, 4.69) is 45.7 Å². The van der Waals surface area contributed by atoms with Crippen LogP contribution in [0.3, 0.4) is 0 Å². The molecule has 0 radical (unpaired) electrons. The van der Waals surface area contributed by atoms with Gasteiger partial charge in [0.25, 0.3) is 0 Å². The van der Waals surface area contributed by atoms with E-state index in [0.717, 1.165) is 0 Å². The van der Waals surface area contributed by atoms with Gasteiger partial charge in [-0.25, -0.2) is 0 Å². The number of rotatable bonds is 13. The van der Waals surface area contributed by atoms with Gasteiger partial charge in [-0.1, -0.05) is 0 Å². The molecule has 0 atom stereocenters. The van der Waals surface area contributed by atoms with E-state index >= 15 is 0 Å². The van der Waals surface area contributed by atoms with E-state index in [9.17, 15) is 0 Å². The second-order valence-electron chi connectivity index (χ2n) is 7.84. The third-order valence-electron chi connectivity index (χ3n) is 5.90. The van der Waals surface area contributed by atoms with Crippen molar-refractivity contribution in [2.45, 2.75) is 20.8 Å². The van der Waals surface area contributed by atoms with Crippen LogP contribution in [0.1, 0.15) is 20.8 Å². The molecule has 21 heteroatoms. The van der Waals surface area contributed by atoms with E-state index in [0.29, 0.717) is 111 Å². The lowest BCUT2D eigenvalue weighted by molar-refractivity contribution is 0.259. The van der Waals surface area contributed by atoms with Crippen LogP contribution in [0.5, 0.6) is 57.5 Å². The zero-order chi connectivity index (χ0) is 31.6. The molecule has 43 heavy (non-hydrogen) atoms. The van der Waals surface area contributed by atoms with Crippen LogP contribution in [0, 0.1) is 0 Å². The smallest absolute Gasteiger partial charge is 0.224 e. The topological polar surface area (TPSA) is 98.8 Å². The average Bonchev–Trinajstić information content (AvgIpc) is 3.02. The van der Waals surface area contributed by atoms with Gasteiger partial charge in [0.15, 0.2) is 190 Å². The van der Waals surface area contributed by atoms with Crippen LogP contribution >= 0.6 is 207 Å². The summed E-state index contributed by atoms with van der Waals surface area (Å²) in [4.78, 5) is 0. The first kappa shape index (κ1) is 37.9. The molecule has 0 spiro atoms. The van der Waals surface area contributed by atoms with Crippen molar-refractivity contribution in [3.8, 4) is 57.5 Å². The van der Waals surface area contributed by atoms with Gasteiger partial charge in [-0.05, 0) is 20.8 Å². The molecule has 0 bridgehead atoms. The SMILES string of the molecule is CCOc1c(OCC)c(OCC)c2c(c1OI)N(I)c1c(c(OI)c3c(OI)c(OI)c(OI)c(OI)c3c1OI)N2I. The van der Waals surface area contributed by atoms with Crippen molar-refractivity contribution in [1.82, 2.24) is 0 Å². The maximum absolute atomic E-state index is 6.27. The molecule has 0 aromatic heterocycles. The van der Waals surface area contributed by atoms with Gasteiger partial charge in [0.1, 0.15) is 22.7 Å². The molecule has 0 amide bonds. The quantitative estimate of drug-likeness (QED) is 0.120. The lowest BCUT2D eigenvalue weighted by atomic mass is 9.99. The summed E-state index contributed by atoms with van der Waals surface area (Å²) in [7, 11) is 0. The summed E-state index contributed by atoms with van der Waals surface area (Å²) in [5.41, 5.74) is 2.54. The van der Waals surface area contributed by atoms with Crippen molar-refractivity contribution >= 4 is 240 Å². The summed E-state index contributed by atoms with van der Waals surface area (Å²) in [5.74, 6) is 3.92. The van der Waals surface area contributed by atoms with Crippen LogP contribution < -0.4 is 41.9 Å². The molecule has 0 aliphatic carbocycles. The van der Waals surface area contributed by atoms with Gasteiger partial charge in [0.05, 0.1) is 76.3 Å². The van der Waals surface area contributed by atoms with Crippen LogP contribution in [-0.4, -0.2) is 19.8 Å². The van der Waals surface area contributed by atoms with Gasteiger partial charge in [-0.3, -0.25) is 6.23 Å². The van der Waals surface area contributed by atoms with Gasteiger partial charge in [0, 0.05) is 0 Å². The van der Waals surface area contributed by atoms with Crippen LogP contribution in [0.15, 0.2) is 0 Å². The molecule has 1 aliphatic rings. The van der Waals surface area contributed by atoms with E-state index in [1.54, 1.807) is 92.0 Å². The molecule has 3 aromatic rings. The fourth-order valence-corrected chi connectivity index (χ4v) is 9.17. The Morgan fingerprint density at radius 2 is 0.651 bits per heavy atom. The van der Waals surface area contributed by atoms with Crippen LogP contribution in [-0.2, 0) is 0 Å². The Balaban J connectivity index is 2.32. The normalized spacial score (nSPS) is 11.9. The summed E-state index contributed by atoms with van der Waals surface area (Å²) in [5, 5.41) is 1.05. The van der Waals surface area contributed by atoms with Crippen molar-refractivity contribution < 1.29 is 35.7 Å². The zero-order valence-corrected chi connectivity index (χ0v) is 40.9. The van der Waals surface area contributed by atoms with E-state index in [-0.39, 0.29) is 0 Å². The number of anilines is 4. The van der Waals surface area contributed by atoms with Crippen molar-refractivity contribution in [3.05, 3.63) is 0 Å². The van der Waals surface area contributed by atoms with Gasteiger partial charge in [0.2, 0.25) is 28.7 Å². The highest BCUT2D eigenvalue weighted by Crippen LogP contribution is 2.71. The molecule has 0 fully saturated rings. The Bertz CT molecular complexity index is 1530. The number of ether oxygens (including phenoxy) is 3. The van der Waals surface area contributed by atoms with Gasteiger partial charge < -0.3 is 35.7 Å². The minimum Gasteiger partial charge on any atom is -0.488 e. The van der Waals surface area contributed by atoms with E-state index < -0.39 is 0 Å². The number of nitrogens with zero attached hydrogens (tertiary/aromatic N) is 2. The fourth-order valence-electron chi connectivity index (χ4n) is 4.47. The third kappa shape index (κ3) is 6.56. The Hall–Kier alpha value is 2.09. The minimum absolute atomic E-state index is 0.301.